The van der Waals surface area contributed by atoms with E-state index >= 15 is 0 Å². The lowest BCUT2D eigenvalue weighted by atomic mass is 9.77. The molecule has 1 saturated carbocycles. The van der Waals surface area contributed by atoms with Gasteiger partial charge in [-0.2, -0.15) is 0 Å². The van der Waals surface area contributed by atoms with Gasteiger partial charge in [0.25, 0.3) is 0 Å². The van der Waals surface area contributed by atoms with E-state index in [2.05, 4.69) is 41.5 Å². The second-order valence-electron chi connectivity index (χ2n) is 5.75. The van der Waals surface area contributed by atoms with Crippen LogP contribution >= 0.6 is 0 Å². The van der Waals surface area contributed by atoms with Crippen molar-refractivity contribution >= 4 is 0 Å². The van der Waals surface area contributed by atoms with E-state index in [0.29, 0.717) is 10.8 Å². The molecule has 0 aromatic heterocycles. The van der Waals surface area contributed by atoms with Gasteiger partial charge in [-0.1, -0.05) is 48.0 Å². The Labute approximate surface area is 77.7 Å². The van der Waals surface area contributed by atoms with Gasteiger partial charge in [0.1, 0.15) is 0 Å². The summed E-state index contributed by atoms with van der Waals surface area (Å²) in [6.45, 7) is 14.5. The molecule has 0 N–H and O–H groups in total. The Kier molecular flexibility index (Phi) is 2.31. The molecule has 1 aliphatic carbocycles. The zero-order valence-corrected chi connectivity index (χ0v) is 9.57. The molecule has 3 unspecified atom stereocenters. The summed E-state index contributed by atoms with van der Waals surface area (Å²) in [6, 6.07) is 0. The predicted molar refractivity (Wildman–Crippen MR) is 55.1 cm³/mol. The van der Waals surface area contributed by atoms with Gasteiger partial charge in [-0.05, 0) is 29.1 Å². The molecule has 0 radical (unpaired) electrons. The fraction of sp³-hybridized carbons (Fsp3) is 1.00. The van der Waals surface area contributed by atoms with Crippen molar-refractivity contribution in [3.8, 4) is 0 Å². The summed E-state index contributed by atoms with van der Waals surface area (Å²) in [6.07, 6.45) is 2.74. The maximum atomic E-state index is 2.46. The van der Waals surface area contributed by atoms with E-state index in [9.17, 15) is 0 Å². The van der Waals surface area contributed by atoms with Crippen LogP contribution in [-0.2, 0) is 0 Å². The molecule has 12 heavy (non-hydrogen) atoms. The molecule has 1 aliphatic rings. The van der Waals surface area contributed by atoms with Crippen molar-refractivity contribution in [2.24, 2.45) is 22.7 Å². The average molecular weight is 168 g/mol. The number of rotatable bonds is 1. The molecule has 0 bridgehead atoms. The lowest BCUT2D eigenvalue weighted by Gasteiger charge is -2.29. The molecule has 0 heteroatoms. The second kappa shape index (κ2) is 2.75. The summed E-state index contributed by atoms with van der Waals surface area (Å²) in [4.78, 5) is 0. The van der Waals surface area contributed by atoms with Gasteiger partial charge in [0, 0.05) is 0 Å². The van der Waals surface area contributed by atoms with Crippen LogP contribution in [0.4, 0.5) is 0 Å². The maximum Gasteiger partial charge on any atom is -0.0295 e. The Morgan fingerprint density at radius 2 is 1.58 bits per heavy atom. The van der Waals surface area contributed by atoms with Gasteiger partial charge >= 0.3 is 0 Å². The van der Waals surface area contributed by atoms with Crippen LogP contribution in [0.3, 0.4) is 0 Å². The summed E-state index contributed by atoms with van der Waals surface area (Å²) in [5.74, 6) is 1.76. The molecular weight excluding hydrogens is 144 g/mol. The summed E-state index contributed by atoms with van der Waals surface area (Å²) in [5.41, 5.74) is 1.16. The Balaban J connectivity index is 2.88. The van der Waals surface area contributed by atoms with Gasteiger partial charge in [0.2, 0.25) is 0 Å². The van der Waals surface area contributed by atoms with Gasteiger partial charge in [-0.3, -0.25) is 0 Å². The lowest BCUT2D eigenvalue weighted by molar-refractivity contribution is 0.209. The van der Waals surface area contributed by atoms with E-state index in [1.54, 1.807) is 0 Å². The lowest BCUT2D eigenvalue weighted by Crippen LogP contribution is -2.20. The molecule has 0 aromatic carbocycles. The molecule has 0 amide bonds. The van der Waals surface area contributed by atoms with Crippen molar-refractivity contribution in [3.05, 3.63) is 0 Å². The number of hydrogen-bond donors (Lipinski definition) is 0. The third-order valence-corrected chi connectivity index (χ3v) is 4.75. The quantitative estimate of drug-likeness (QED) is 0.553. The summed E-state index contributed by atoms with van der Waals surface area (Å²) >= 11 is 0. The average Bonchev–Trinajstić information content (AvgIpc) is 2.13. The van der Waals surface area contributed by atoms with Crippen LogP contribution in [0.25, 0.3) is 0 Å². The van der Waals surface area contributed by atoms with Crippen LogP contribution in [0.5, 0.6) is 0 Å². The molecular formula is C12H24. The molecule has 0 aromatic rings. The predicted octanol–water partition coefficient (Wildman–Crippen LogP) is 4.10. The fourth-order valence-electron chi connectivity index (χ4n) is 3.09. The fourth-order valence-corrected chi connectivity index (χ4v) is 3.09. The zero-order chi connectivity index (χ0) is 9.57. The van der Waals surface area contributed by atoms with Crippen molar-refractivity contribution < 1.29 is 0 Å². The maximum absolute atomic E-state index is 2.46. The van der Waals surface area contributed by atoms with Crippen LogP contribution in [0.2, 0.25) is 0 Å². The molecule has 0 heterocycles. The van der Waals surface area contributed by atoms with Gasteiger partial charge in [-0.25, -0.2) is 0 Å². The van der Waals surface area contributed by atoms with Crippen molar-refractivity contribution in [1.82, 2.24) is 0 Å². The minimum Gasteiger partial charge on any atom is -0.0649 e. The van der Waals surface area contributed by atoms with E-state index in [1.807, 2.05) is 0 Å². The van der Waals surface area contributed by atoms with Crippen LogP contribution in [0.15, 0.2) is 0 Å². The first-order chi connectivity index (χ1) is 5.33. The van der Waals surface area contributed by atoms with Gasteiger partial charge in [0.15, 0.2) is 0 Å². The monoisotopic (exact) mass is 168 g/mol. The highest BCUT2D eigenvalue weighted by molar-refractivity contribution is 4.98. The minimum atomic E-state index is 0.560. The molecule has 1 rings (SSSR count). The van der Waals surface area contributed by atoms with Gasteiger partial charge in [-0.15, -0.1) is 0 Å². The first-order valence-electron chi connectivity index (χ1n) is 5.33. The molecule has 3 atom stereocenters. The first kappa shape index (κ1) is 10.1. The van der Waals surface area contributed by atoms with E-state index < -0.39 is 0 Å². The SMILES string of the molecule is CCC1(C)CC(C)(C)C(C)C1C. The second-order valence-corrected chi connectivity index (χ2v) is 5.75. The first-order valence-corrected chi connectivity index (χ1v) is 5.33. The van der Waals surface area contributed by atoms with Crippen molar-refractivity contribution in [2.75, 3.05) is 0 Å². The Hall–Kier alpha value is 0. The molecule has 0 spiro atoms. The third kappa shape index (κ3) is 1.30. The zero-order valence-electron chi connectivity index (χ0n) is 9.57. The Bertz CT molecular complexity index is 169. The van der Waals surface area contributed by atoms with E-state index in [1.165, 1.54) is 12.8 Å². The highest BCUT2D eigenvalue weighted by Crippen LogP contribution is 2.57. The molecule has 0 aliphatic heterocycles. The van der Waals surface area contributed by atoms with Crippen LogP contribution in [-0.4, -0.2) is 0 Å². The van der Waals surface area contributed by atoms with Crippen LogP contribution in [0, 0.1) is 22.7 Å². The van der Waals surface area contributed by atoms with Crippen LogP contribution in [0.1, 0.15) is 54.4 Å². The third-order valence-electron chi connectivity index (χ3n) is 4.75. The highest BCUT2D eigenvalue weighted by atomic mass is 14.5. The Morgan fingerprint density at radius 3 is 1.75 bits per heavy atom. The largest absolute Gasteiger partial charge is 0.0649 e. The smallest absolute Gasteiger partial charge is 0.0295 e. The summed E-state index contributed by atoms with van der Waals surface area (Å²) in [7, 11) is 0. The van der Waals surface area contributed by atoms with E-state index in [0.717, 1.165) is 11.8 Å². The summed E-state index contributed by atoms with van der Waals surface area (Å²) < 4.78 is 0. The number of hydrogen-bond acceptors (Lipinski definition) is 0. The Morgan fingerprint density at radius 1 is 1.08 bits per heavy atom. The highest BCUT2D eigenvalue weighted by Gasteiger charge is 2.49. The molecule has 72 valence electrons. The van der Waals surface area contributed by atoms with Crippen LogP contribution < -0.4 is 0 Å². The van der Waals surface area contributed by atoms with Crippen molar-refractivity contribution in [1.29, 1.82) is 0 Å². The molecule has 1 fully saturated rings. The summed E-state index contributed by atoms with van der Waals surface area (Å²) in [5, 5.41) is 0. The minimum absolute atomic E-state index is 0.560. The van der Waals surface area contributed by atoms with E-state index in [4.69, 9.17) is 0 Å². The van der Waals surface area contributed by atoms with Gasteiger partial charge < -0.3 is 0 Å². The molecule has 0 nitrogen and oxygen atoms in total. The molecule has 0 saturated heterocycles. The topological polar surface area (TPSA) is 0 Å². The standard InChI is InChI=1S/C12H24/c1-7-12(6)8-11(4,5)9(2)10(12)3/h9-10H,7-8H2,1-6H3. The van der Waals surface area contributed by atoms with Gasteiger partial charge in [0.05, 0.1) is 0 Å². The van der Waals surface area contributed by atoms with Crippen molar-refractivity contribution in [2.45, 2.75) is 54.4 Å². The van der Waals surface area contributed by atoms with E-state index in [-0.39, 0.29) is 0 Å². The van der Waals surface area contributed by atoms with Crippen molar-refractivity contribution in [3.63, 3.8) is 0 Å². The normalized spacial score (nSPS) is 46.5.